The lowest BCUT2D eigenvalue weighted by Gasteiger charge is -2.04. The summed E-state index contributed by atoms with van der Waals surface area (Å²) in [5.41, 5.74) is 0.0107. The Morgan fingerprint density at radius 3 is 3.00 bits per heavy atom. The molecule has 20 heavy (non-hydrogen) atoms. The van der Waals surface area contributed by atoms with Crippen molar-refractivity contribution in [3.05, 3.63) is 32.5 Å². The molecule has 0 aliphatic rings. The molecule has 9 nitrogen and oxygen atoms in total. The Hall–Kier alpha value is -2.49. The van der Waals surface area contributed by atoms with E-state index in [2.05, 4.69) is 15.3 Å². The molecule has 0 bridgehead atoms. The van der Waals surface area contributed by atoms with Crippen LogP contribution in [0, 0.1) is 10.1 Å². The number of nitrogens with one attached hydrogen (secondary N) is 1. The van der Waals surface area contributed by atoms with E-state index in [9.17, 15) is 14.9 Å². The second-order valence-electron chi connectivity index (χ2n) is 3.89. The highest BCUT2D eigenvalue weighted by Crippen LogP contribution is 2.21. The number of nitrogens with zero attached hydrogens (tertiary/aromatic N) is 4. The third-order valence-electron chi connectivity index (χ3n) is 2.49. The molecule has 0 aromatic carbocycles. The van der Waals surface area contributed by atoms with Crippen molar-refractivity contribution in [2.24, 2.45) is 7.05 Å². The van der Waals surface area contributed by atoms with E-state index in [0.29, 0.717) is 23.8 Å². The monoisotopic (exact) mass is 297 g/mol. The lowest BCUT2D eigenvalue weighted by molar-refractivity contribution is -0.388. The molecule has 0 unspecified atom stereocenters. The average molecular weight is 297 g/mol. The fraction of sp³-hybridized carbons (Fsp3) is 0.300. The molecule has 106 valence electrons. The van der Waals surface area contributed by atoms with Gasteiger partial charge in [-0.25, -0.2) is 9.78 Å². The molecule has 0 spiro atoms. The number of carboxylic acids is 1. The molecule has 0 fully saturated rings. The summed E-state index contributed by atoms with van der Waals surface area (Å²) in [6.45, 7) is 0.396. The Labute approximate surface area is 117 Å². The molecular formula is C10H11N5O4S. The lowest BCUT2D eigenvalue weighted by Crippen LogP contribution is -2.09. The van der Waals surface area contributed by atoms with Gasteiger partial charge in [0.15, 0.2) is 5.69 Å². The maximum atomic E-state index is 10.8. The number of nitro groups is 1. The average Bonchev–Trinajstić information content (AvgIpc) is 2.97. The normalized spacial score (nSPS) is 10.4. The Bertz CT molecular complexity index is 650. The van der Waals surface area contributed by atoms with E-state index in [1.54, 1.807) is 7.05 Å². The quantitative estimate of drug-likeness (QED) is 0.605. The molecule has 2 rings (SSSR count). The molecule has 2 heterocycles. The topological polar surface area (TPSA) is 123 Å². The van der Waals surface area contributed by atoms with Crippen LogP contribution >= 0.6 is 11.3 Å². The molecule has 10 heteroatoms. The number of rotatable bonds is 6. The summed E-state index contributed by atoms with van der Waals surface area (Å²) in [6, 6.07) is 0. The van der Waals surface area contributed by atoms with Crippen molar-refractivity contribution < 1.29 is 14.8 Å². The van der Waals surface area contributed by atoms with Crippen LogP contribution in [0.5, 0.6) is 0 Å². The number of carbonyl (C=O) groups is 1. The predicted molar refractivity (Wildman–Crippen MR) is 71.1 cm³/mol. The van der Waals surface area contributed by atoms with Crippen LogP contribution in [0.2, 0.25) is 0 Å². The number of imidazole rings is 1. The first-order valence-corrected chi connectivity index (χ1v) is 6.44. The van der Waals surface area contributed by atoms with Crippen LogP contribution in [-0.2, 0) is 13.5 Å². The molecule has 2 aromatic heterocycles. The molecule has 0 saturated carbocycles. The van der Waals surface area contributed by atoms with E-state index in [4.69, 9.17) is 5.11 Å². The van der Waals surface area contributed by atoms with Crippen molar-refractivity contribution in [2.45, 2.75) is 6.42 Å². The number of aromatic nitrogens is 3. The SMILES string of the molecule is Cn1cnc([N+](=O)[O-])c1NCCc1nc(C(=O)O)cs1. The second kappa shape index (κ2) is 5.65. The Morgan fingerprint density at radius 2 is 2.40 bits per heavy atom. The first-order chi connectivity index (χ1) is 9.49. The maximum Gasteiger partial charge on any atom is 0.406 e. The Balaban J connectivity index is 1.97. The van der Waals surface area contributed by atoms with Gasteiger partial charge in [0.2, 0.25) is 12.1 Å². The molecule has 0 aliphatic carbocycles. The van der Waals surface area contributed by atoms with Crippen molar-refractivity contribution in [3.63, 3.8) is 0 Å². The maximum absolute atomic E-state index is 10.8. The van der Waals surface area contributed by atoms with Crippen molar-refractivity contribution >= 4 is 28.9 Å². The summed E-state index contributed by atoms with van der Waals surface area (Å²) in [7, 11) is 1.65. The van der Waals surface area contributed by atoms with Gasteiger partial charge in [-0.2, -0.15) is 0 Å². The molecule has 0 atom stereocenters. The van der Waals surface area contributed by atoms with Crippen molar-refractivity contribution in [2.75, 3.05) is 11.9 Å². The summed E-state index contributed by atoms with van der Waals surface area (Å²) in [6.07, 6.45) is 1.83. The van der Waals surface area contributed by atoms with Crippen LogP contribution in [0.4, 0.5) is 11.6 Å². The van der Waals surface area contributed by atoms with Crippen LogP contribution in [0.3, 0.4) is 0 Å². The minimum atomic E-state index is -1.07. The fourth-order valence-electron chi connectivity index (χ4n) is 1.57. The minimum Gasteiger partial charge on any atom is -0.476 e. The highest BCUT2D eigenvalue weighted by molar-refractivity contribution is 7.09. The number of aryl methyl sites for hydroxylation is 1. The molecule has 0 amide bonds. The van der Waals surface area contributed by atoms with Gasteiger partial charge < -0.3 is 20.5 Å². The van der Waals surface area contributed by atoms with E-state index in [0.717, 1.165) is 0 Å². The summed E-state index contributed by atoms with van der Waals surface area (Å²) >= 11 is 1.24. The van der Waals surface area contributed by atoms with Gasteiger partial charge in [-0.1, -0.05) is 0 Å². The van der Waals surface area contributed by atoms with Gasteiger partial charge in [-0.05, 0) is 9.91 Å². The van der Waals surface area contributed by atoms with Crippen LogP contribution in [0.25, 0.3) is 0 Å². The third-order valence-corrected chi connectivity index (χ3v) is 3.40. The molecular weight excluding hydrogens is 286 g/mol. The number of hydrogen-bond donors (Lipinski definition) is 2. The van der Waals surface area contributed by atoms with Gasteiger partial charge in [-0.3, -0.25) is 4.57 Å². The number of hydrogen-bond acceptors (Lipinski definition) is 7. The highest BCUT2D eigenvalue weighted by atomic mass is 32.1. The van der Waals surface area contributed by atoms with Gasteiger partial charge in [0.1, 0.15) is 0 Å². The molecule has 2 N–H and O–H groups in total. The van der Waals surface area contributed by atoms with Crippen molar-refractivity contribution in [1.82, 2.24) is 14.5 Å². The molecule has 0 saturated heterocycles. The van der Waals surface area contributed by atoms with Crippen LogP contribution in [0.1, 0.15) is 15.5 Å². The standard InChI is InChI=1S/C10H11N5O4S/c1-14-5-12-9(15(18)19)8(14)11-3-2-7-13-6(4-20-7)10(16)17/h4-5,11H,2-3H2,1H3,(H,16,17). The smallest absolute Gasteiger partial charge is 0.406 e. The number of aromatic carboxylic acids is 1. The van der Waals surface area contributed by atoms with E-state index >= 15 is 0 Å². The minimum absolute atomic E-state index is 0.0107. The summed E-state index contributed by atoms with van der Waals surface area (Å²) < 4.78 is 1.52. The molecule has 0 radical (unpaired) electrons. The summed E-state index contributed by atoms with van der Waals surface area (Å²) in [4.78, 5) is 28.5. The zero-order valence-corrected chi connectivity index (χ0v) is 11.3. The Morgan fingerprint density at radius 1 is 1.65 bits per heavy atom. The first kappa shape index (κ1) is 13.9. The predicted octanol–water partition coefficient (Wildman–Crippen LogP) is 1.14. The van der Waals surface area contributed by atoms with Crippen LogP contribution in [-0.4, -0.2) is 37.1 Å². The number of thiazole rings is 1. The van der Waals surface area contributed by atoms with Gasteiger partial charge >= 0.3 is 11.8 Å². The zero-order valence-electron chi connectivity index (χ0n) is 10.4. The fourth-order valence-corrected chi connectivity index (χ4v) is 2.34. The lowest BCUT2D eigenvalue weighted by atomic mass is 10.4. The summed E-state index contributed by atoms with van der Waals surface area (Å²) in [5, 5.41) is 24.5. The molecule has 2 aromatic rings. The van der Waals surface area contributed by atoms with Crippen LogP contribution < -0.4 is 5.32 Å². The first-order valence-electron chi connectivity index (χ1n) is 5.56. The van der Waals surface area contributed by atoms with E-state index in [1.807, 2.05) is 0 Å². The largest absolute Gasteiger partial charge is 0.476 e. The number of carboxylic acid groups (broad SMARTS) is 1. The van der Waals surface area contributed by atoms with E-state index in [1.165, 1.54) is 27.6 Å². The van der Waals surface area contributed by atoms with E-state index < -0.39 is 10.9 Å². The number of anilines is 1. The van der Waals surface area contributed by atoms with Gasteiger partial charge in [-0.15, -0.1) is 11.3 Å². The summed E-state index contributed by atoms with van der Waals surface area (Å²) in [5.74, 6) is -0.995. The highest BCUT2D eigenvalue weighted by Gasteiger charge is 2.19. The van der Waals surface area contributed by atoms with Gasteiger partial charge in [0.25, 0.3) is 0 Å². The van der Waals surface area contributed by atoms with E-state index in [-0.39, 0.29) is 11.5 Å². The van der Waals surface area contributed by atoms with Gasteiger partial charge in [0.05, 0.1) is 5.01 Å². The molecule has 0 aliphatic heterocycles. The second-order valence-corrected chi connectivity index (χ2v) is 4.84. The van der Waals surface area contributed by atoms with Crippen LogP contribution in [0.15, 0.2) is 11.7 Å². The zero-order chi connectivity index (χ0) is 14.7. The third kappa shape index (κ3) is 2.91. The van der Waals surface area contributed by atoms with Crippen molar-refractivity contribution in [1.29, 1.82) is 0 Å². The van der Waals surface area contributed by atoms with Crippen molar-refractivity contribution in [3.8, 4) is 0 Å². The Kier molecular flexibility index (Phi) is 3.94. The van der Waals surface area contributed by atoms with Gasteiger partial charge in [0, 0.05) is 25.4 Å².